The molecule has 4 heteroatoms. The summed E-state index contributed by atoms with van der Waals surface area (Å²) in [6, 6.07) is 23.5. The maximum atomic E-state index is 12.4. The van der Waals surface area contributed by atoms with Crippen molar-refractivity contribution in [3.8, 4) is 11.5 Å². The van der Waals surface area contributed by atoms with Crippen LogP contribution in [0.1, 0.15) is 13.3 Å². The van der Waals surface area contributed by atoms with E-state index in [0.29, 0.717) is 25.3 Å². The van der Waals surface area contributed by atoms with Gasteiger partial charge in [0.15, 0.2) is 6.10 Å². The Morgan fingerprint density at radius 2 is 1.65 bits per heavy atom. The van der Waals surface area contributed by atoms with Crippen LogP contribution in [0.25, 0.3) is 10.8 Å². The van der Waals surface area contributed by atoms with Crippen molar-refractivity contribution in [2.45, 2.75) is 19.4 Å². The molecule has 134 valence electrons. The first-order valence-electron chi connectivity index (χ1n) is 8.87. The van der Waals surface area contributed by atoms with Gasteiger partial charge in [-0.1, -0.05) is 55.5 Å². The van der Waals surface area contributed by atoms with Crippen LogP contribution < -0.4 is 14.8 Å². The molecule has 1 atom stereocenters. The highest BCUT2D eigenvalue weighted by Gasteiger charge is 2.18. The van der Waals surface area contributed by atoms with Crippen molar-refractivity contribution in [2.75, 3.05) is 13.2 Å². The van der Waals surface area contributed by atoms with Gasteiger partial charge in [-0.15, -0.1) is 0 Å². The molecule has 0 aliphatic carbocycles. The number of nitrogens with one attached hydrogen (secondary N) is 1. The number of rotatable bonds is 8. The number of para-hydroxylation sites is 1. The molecule has 0 aromatic heterocycles. The predicted octanol–water partition coefficient (Wildman–Crippen LogP) is 4.19. The average Bonchev–Trinajstić information content (AvgIpc) is 2.70. The van der Waals surface area contributed by atoms with Crippen molar-refractivity contribution in [1.82, 2.24) is 5.32 Å². The Kier molecular flexibility index (Phi) is 6.09. The smallest absolute Gasteiger partial charge is 0.261 e. The first kappa shape index (κ1) is 17.8. The fourth-order valence-corrected chi connectivity index (χ4v) is 2.70. The highest BCUT2D eigenvalue weighted by Crippen LogP contribution is 2.22. The lowest BCUT2D eigenvalue weighted by molar-refractivity contribution is -0.128. The number of ether oxygens (including phenoxy) is 2. The van der Waals surface area contributed by atoms with Crippen LogP contribution in [-0.4, -0.2) is 25.2 Å². The van der Waals surface area contributed by atoms with E-state index in [1.807, 2.05) is 73.7 Å². The van der Waals surface area contributed by atoms with E-state index in [9.17, 15) is 4.79 Å². The Morgan fingerprint density at radius 3 is 2.42 bits per heavy atom. The van der Waals surface area contributed by atoms with Gasteiger partial charge < -0.3 is 14.8 Å². The zero-order valence-corrected chi connectivity index (χ0v) is 14.9. The Bertz CT molecular complexity index is 848. The summed E-state index contributed by atoms with van der Waals surface area (Å²) < 4.78 is 11.5. The summed E-state index contributed by atoms with van der Waals surface area (Å²) in [6.07, 6.45) is 0.0750. The van der Waals surface area contributed by atoms with Crippen molar-refractivity contribution in [3.63, 3.8) is 0 Å². The monoisotopic (exact) mass is 349 g/mol. The van der Waals surface area contributed by atoms with Gasteiger partial charge in [0.25, 0.3) is 5.91 Å². The molecule has 0 radical (unpaired) electrons. The van der Waals surface area contributed by atoms with E-state index < -0.39 is 6.10 Å². The van der Waals surface area contributed by atoms with Crippen LogP contribution in [-0.2, 0) is 4.79 Å². The number of carbonyl (C=O) groups is 1. The second-order valence-electron chi connectivity index (χ2n) is 5.98. The second kappa shape index (κ2) is 8.90. The first-order valence-corrected chi connectivity index (χ1v) is 8.87. The van der Waals surface area contributed by atoms with Crippen molar-refractivity contribution in [3.05, 3.63) is 72.8 Å². The zero-order chi connectivity index (χ0) is 18.2. The largest absolute Gasteiger partial charge is 0.492 e. The average molecular weight is 349 g/mol. The van der Waals surface area contributed by atoms with Gasteiger partial charge in [-0.05, 0) is 41.5 Å². The summed E-state index contributed by atoms with van der Waals surface area (Å²) in [5.74, 6) is 1.37. The SMILES string of the molecule is CC[C@@H](Oc1ccc2ccccc2c1)C(=O)NCCOc1ccccc1. The summed E-state index contributed by atoms with van der Waals surface area (Å²) in [4.78, 5) is 12.4. The Balaban J connectivity index is 1.51. The van der Waals surface area contributed by atoms with Gasteiger partial charge in [-0.3, -0.25) is 4.79 Å². The molecule has 0 heterocycles. The van der Waals surface area contributed by atoms with Crippen LogP contribution >= 0.6 is 0 Å². The third kappa shape index (κ3) is 4.76. The van der Waals surface area contributed by atoms with Crippen molar-refractivity contribution in [1.29, 1.82) is 0 Å². The van der Waals surface area contributed by atoms with E-state index >= 15 is 0 Å². The second-order valence-corrected chi connectivity index (χ2v) is 5.98. The number of hydrogen-bond donors (Lipinski definition) is 1. The van der Waals surface area contributed by atoms with E-state index in [2.05, 4.69) is 11.4 Å². The molecule has 3 aromatic rings. The molecule has 0 fully saturated rings. The van der Waals surface area contributed by atoms with E-state index in [1.165, 1.54) is 0 Å². The molecule has 3 rings (SSSR count). The van der Waals surface area contributed by atoms with E-state index in [-0.39, 0.29) is 5.91 Å². The molecule has 1 amide bonds. The fourth-order valence-electron chi connectivity index (χ4n) is 2.70. The van der Waals surface area contributed by atoms with Crippen molar-refractivity contribution in [2.24, 2.45) is 0 Å². The van der Waals surface area contributed by atoms with Gasteiger partial charge in [0, 0.05) is 0 Å². The quantitative estimate of drug-likeness (QED) is 0.620. The fraction of sp³-hybridized carbons (Fsp3) is 0.227. The van der Waals surface area contributed by atoms with Gasteiger partial charge in [-0.2, -0.15) is 0 Å². The van der Waals surface area contributed by atoms with Gasteiger partial charge >= 0.3 is 0 Å². The molecule has 0 spiro atoms. The van der Waals surface area contributed by atoms with Crippen LogP contribution in [0.4, 0.5) is 0 Å². The van der Waals surface area contributed by atoms with Crippen LogP contribution in [0.3, 0.4) is 0 Å². The number of carbonyl (C=O) groups excluding carboxylic acids is 1. The molecule has 3 aromatic carbocycles. The summed E-state index contributed by atoms with van der Waals surface area (Å²) >= 11 is 0. The molecule has 1 N–H and O–H groups in total. The van der Waals surface area contributed by atoms with E-state index in [4.69, 9.17) is 9.47 Å². The molecular formula is C22H23NO3. The van der Waals surface area contributed by atoms with Crippen molar-refractivity contribution < 1.29 is 14.3 Å². The Morgan fingerprint density at radius 1 is 0.923 bits per heavy atom. The molecule has 0 bridgehead atoms. The van der Waals surface area contributed by atoms with Gasteiger partial charge in [0.1, 0.15) is 18.1 Å². The summed E-state index contributed by atoms with van der Waals surface area (Å²) in [6.45, 7) is 2.79. The van der Waals surface area contributed by atoms with Crippen LogP contribution in [0.2, 0.25) is 0 Å². The highest BCUT2D eigenvalue weighted by atomic mass is 16.5. The predicted molar refractivity (Wildman–Crippen MR) is 104 cm³/mol. The van der Waals surface area contributed by atoms with Crippen LogP contribution in [0.5, 0.6) is 11.5 Å². The molecule has 4 nitrogen and oxygen atoms in total. The minimum Gasteiger partial charge on any atom is -0.492 e. The molecule has 0 unspecified atom stereocenters. The number of benzene rings is 3. The maximum absolute atomic E-state index is 12.4. The molecule has 0 saturated carbocycles. The topological polar surface area (TPSA) is 47.6 Å². The number of fused-ring (bicyclic) bond motifs is 1. The third-order valence-electron chi connectivity index (χ3n) is 4.08. The summed E-state index contributed by atoms with van der Waals surface area (Å²) in [5.41, 5.74) is 0. The molecule has 0 aliphatic rings. The van der Waals surface area contributed by atoms with Gasteiger partial charge in [0.05, 0.1) is 6.54 Å². The van der Waals surface area contributed by atoms with Crippen LogP contribution in [0.15, 0.2) is 72.8 Å². The van der Waals surface area contributed by atoms with E-state index in [0.717, 1.165) is 16.5 Å². The standard InChI is InChI=1S/C22H23NO3/c1-2-21(22(24)23-14-15-25-19-10-4-3-5-11-19)26-20-13-12-17-8-6-7-9-18(17)16-20/h3-13,16,21H,2,14-15H2,1H3,(H,23,24)/t21-/m1/s1. The Hall–Kier alpha value is -3.01. The highest BCUT2D eigenvalue weighted by molar-refractivity contribution is 5.84. The molecule has 0 aliphatic heterocycles. The minimum absolute atomic E-state index is 0.127. The molecule has 26 heavy (non-hydrogen) atoms. The first-order chi connectivity index (χ1) is 12.8. The number of hydrogen-bond acceptors (Lipinski definition) is 3. The van der Waals surface area contributed by atoms with Crippen molar-refractivity contribution >= 4 is 16.7 Å². The summed E-state index contributed by atoms with van der Waals surface area (Å²) in [5, 5.41) is 5.11. The number of amides is 1. The van der Waals surface area contributed by atoms with E-state index in [1.54, 1.807) is 0 Å². The van der Waals surface area contributed by atoms with Crippen LogP contribution in [0, 0.1) is 0 Å². The molecule has 0 saturated heterocycles. The summed E-state index contributed by atoms with van der Waals surface area (Å²) in [7, 11) is 0. The molecular weight excluding hydrogens is 326 g/mol. The maximum Gasteiger partial charge on any atom is 0.261 e. The lowest BCUT2D eigenvalue weighted by Gasteiger charge is -2.17. The minimum atomic E-state index is -0.520. The lowest BCUT2D eigenvalue weighted by atomic mass is 10.1. The van der Waals surface area contributed by atoms with Gasteiger partial charge in [0.2, 0.25) is 0 Å². The van der Waals surface area contributed by atoms with Gasteiger partial charge in [-0.25, -0.2) is 0 Å². The zero-order valence-electron chi connectivity index (χ0n) is 14.9. The lowest BCUT2D eigenvalue weighted by Crippen LogP contribution is -2.39. The Labute approximate surface area is 153 Å². The third-order valence-corrected chi connectivity index (χ3v) is 4.08. The normalized spacial score (nSPS) is 11.7.